The van der Waals surface area contributed by atoms with Crippen LogP contribution in [0.2, 0.25) is 0 Å². The van der Waals surface area contributed by atoms with Gasteiger partial charge in [0.15, 0.2) is 0 Å². The highest BCUT2D eigenvalue weighted by Crippen LogP contribution is 2.43. The Morgan fingerprint density at radius 1 is 1.33 bits per heavy atom. The Labute approximate surface area is 123 Å². The van der Waals surface area contributed by atoms with Crippen molar-refractivity contribution < 1.29 is 13.2 Å². The summed E-state index contributed by atoms with van der Waals surface area (Å²) in [5.41, 5.74) is 1.09. The van der Waals surface area contributed by atoms with Crippen LogP contribution in [0.4, 0.5) is 13.2 Å². The Morgan fingerprint density at radius 2 is 2.00 bits per heavy atom. The number of halogens is 3. The van der Waals surface area contributed by atoms with Crippen LogP contribution < -0.4 is 5.32 Å². The van der Waals surface area contributed by atoms with Gasteiger partial charge in [0.1, 0.15) is 0 Å². The summed E-state index contributed by atoms with van der Waals surface area (Å²) in [6, 6.07) is 2.07. The van der Waals surface area contributed by atoms with Gasteiger partial charge in [-0.3, -0.25) is 4.68 Å². The topological polar surface area (TPSA) is 29.9 Å². The maximum atomic E-state index is 12.8. The molecule has 0 aliphatic heterocycles. The summed E-state index contributed by atoms with van der Waals surface area (Å²) in [6.07, 6.45) is 0.454. The summed E-state index contributed by atoms with van der Waals surface area (Å²) in [5.74, 6) is -0.868. The van der Waals surface area contributed by atoms with Gasteiger partial charge in [-0.25, -0.2) is 0 Å². The predicted octanol–water partition coefficient (Wildman–Crippen LogP) is 3.92. The lowest BCUT2D eigenvalue weighted by atomic mass is 9.77. The molecular weight excluding hydrogens is 279 g/mol. The third kappa shape index (κ3) is 3.78. The van der Waals surface area contributed by atoms with Crippen molar-refractivity contribution in [1.29, 1.82) is 0 Å². The molecule has 1 aliphatic carbocycles. The molecule has 0 aromatic carbocycles. The molecule has 0 radical (unpaired) electrons. The molecule has 1 N–H and O–H groups in total. The largest absolute Gasteiger partial charge is 0.391 e. The van der Waals surface area contributed by atoms with Gasteiger partial charge in [0, 0.05) is 12.7 Å². The molecule has 21 heavy (non-hydrogen) atoms. The Bertz CT molecular complexity index is 434. The molecule has 1 saturated carbocycles. The zero-order valence-electron chi connectivity index (χ0n) is 12.7. The molecule has 120 valence electrons. The van der Waals surface area contributed by atoms with Crippen LogP contribution in [0.3, 0.4) is 0 Å². The molecule has 0 spiro atoms. The molecule has 0 amide bonds. The second-order valence-corrected chi connectivity index (χ2v) is 5.90. The Morgan fingerprint density at radius 3 is 2.52 bits per heavy atom. The van der Waals surface area contributed by atoms with Crippen molar-refractivity contribution in [1.82, 2.24) is 15.1 Å². The van der Waals surface area contributed by atoms with Crippen LogP contribution in [-0.2, 0) is 6.54 Å². The number of hydrogen-bond acceptors (Lipinski definition) is 2. The lowest BCUT2D eigenvalue weighted by Crippen LogP contribution is -2.34. The molecule has 0 bridgehead atoms. The van der Waals surface area contributed by atoms with Crippen LogP contribution in [0.15, 0.2) is 12.3 Å². The molecule has 1 fully saturated rings. The summed E-state index contributed by atoms with van der Waals surface area (Å²) in [4.78, 5) is 0. The van der Waals surface area contributed by atoms with E-state index >= 15 is 0 Å². The van der Waals surface area contributed by atoms with Gasteiger partial charge in [0.2, 0.25) is 0 Å². The van der Waals surface area contributed by atoms with Gasteiger partial charge < -0.3 is 5.32 Å². The molecule has 1 aromatic heterocycles. The molecule has 1 unspecified atom stereocenters. The van der Waals surface area contributed by atoms with Crippen LogP contribution in [-0.4, -0.2) is 23.0 Å². The Hall–Kier alpha value is -1.04. The van der Waals surface area contributed by atoms with Crippen molar-refractivity contribution in [3.05, 3.63) is 18.0 Å². The third-order valence-electron chi connectivity index (χ3n) is 4.52. The number of hydrogen-bond donors (Lipinski definition) is 1. The maximum Gasteiger partial charge on any atom is 0.391 e. The highest BCUT2D eigenvalue weighted by molar-refractivity contribution is 5.09. The van der Waals surface area contributed by atoms with Gasteiger partial charge >= 0.3 is 6.18 Å². The second-order valence-electron chi connectivity index (χ2n) is 5.90. The van der Waals surface area contributed by atoms with Crippen molar-refractivity contribution >= 4 is 0 Å². The van der Waals surface area contributed by atoms with E-state index in [1.54, 1.807) is 6.20 Å². The van der Waals surface area contributed by atoms with Crippen molar-refractivity contribution in [3.63, 3.8) is 0 Å². The van der Waals surface area contributed by atoms with Crippen LogP contribution in [0.5, 0.6) is 0 Å². The monoisotopic (exact) mass is 303 g/mol. The van der Waals surface area contributed by atoms with E-state index in [1.807, 2.05) is 17.8 Å². The first-order valence-corrected chi connectivity index (χ1v) is 7.73. The lowest BCUT2D eigenvalue weighted by Gasteiger charge is -2.34. The zero-order valence-corrected chi connectivity index (χ0v) is 12.7. The molecule has 1 aromatic rings. The lowest BCUT2D eigenvalue weighted by molar-refractivity contribution is -0.184. The normalized spacial score (nSPS) is 25.0. The van der Waals surface area contributed by atoms with E-state index in [0.29, 0.717) is 12.8 Å². The predicted molar refractivity (Wildman–Crippen MR) is 75.8 cm³/mol. The minimum absolute atomic E-state index is 0.0910. The zero-order chi connectivity index (χ0) is 15.5. The van der Waals surface area contributed by atoms with Crippen LogP contribution >= 0.6 is 0 Å². The highest BCUT2D eigenvalue weighted by Gasteiger charge is 2.42. The smallest absolute Gasteiger partial charge is 0.311 e. The molecule has 0 saturated heterocycles. The second kappa shape index (κ2) is 6.81. The third-order valence-corrected chi connectivity index (χ3v) is 4.52. The van der Waals surface area contributed by atoms with E-state index in [0.717, 1.165) is 18.7 Å². The number of nitrogens with zero attached hydrogens (tertiary/aromatic N) is 2. The van der Waals surface area contributed by atoms with Crippen molar-refractivity contribution in [2.75, 3.05) is 7.05 Å². The fraction of sp³-hybridized carbons (Fsp3) is 0.800. The molecule has 1 aliphatic rings. The first-order valence-electron chi connectivity index (χ1n) is 7.73. The average molecular weight is 303 g/mol. The van der Waals surface area contributed by atoms with Gasteiger partial charge in [-0.05, 0) is 51.1 Å². The molecular formula is C15H24F3N3. The van der Waals surface area contributed by atoms with E-state index in [1.165, 1.54) is 0 Å². The molecule has 2 rings (SSSR count). The average Bonchev–Trinajstić information content (AvgIpc) is 2.88. The summed E-state index contributed by atoms with van der Waals surface area (Å²) in [6.45, 7) is 2.94. The first kappa shape index (κ1) is 16.3. The Kier molecular flexibility index (Phi) is 5.30. The van der Waals surface area contributed by atoms with Crippen LogP contribution in [0.1, 0.15) is 50.8 Å². The summed E-state index contributed by atoms with van der Waals surface area (Å²) < 4.78 is 40.2. The van der Waals surface area contributed by atoms with Gasteiger partial charge in [0.25, 0.3) is 0 Å². The van der Waals surface area contributed by atoms with Gasteiger partial charge in [-0.1, -0.05) is 6.92 Å². The van der Waals surface area contributed by atoms with Gasteiger partial charge in [0.05, 0.1) is 17.7 Å². The maximum absolute atomic E-state index is 12.8. The standard InChI is InChI=1S/C15H24F3N3/c1-3-10-21-13(8-9-20-21)14(19-2)11-4-6-12(7-5-11)15(16,17)18/h8-9,11-12,14,19H,3-7,10H2,1-2H3. The quantitative estimate of drug-likeness (QED) is 0.893. The number of aromatic nitrogens is 2. The minimum atomic E-state index is -4.04. The van der Waals surface area contributed by atoms with E-state index in [9.17, 15) is 13.2 Å². The fourth-order valence-electron chi connectivity index (χ4n) is 3.41. The van der Waals surface area contributed by atoms with Gasteiger partial charge in [-0.2, -0.15) is 18.3 Å². The molecule has 6 heteroatoms. The summed E-state index contributed by atoms with van der Waals surface area (Å²) >= 11 is 0. The van der Waals surface area contributed by atoms with E-state index in [4.69, 9.17) is 0 Å². The van der Waals surface area contributed by atoms with Crippen molar-refractivity contribution in [2.24, 2.45) is 11.8 Å². The summed E-state index contributed by atoms with van der Waals surface area (Å²) in [7, 11) is 1.88. The van der Waals surface area contributed by atoms with Crippen molar-refractivity contribution in [2.45, 2.75) is 57.8 Å². The Balaban J connectivity index is 2.04. The fourth-order valence-corrected chi connectivity index (χ4v) is 3.41. The van der Waals surface area contributed by atoms with Crippen LogP contribution in [0, 0.1) is 11.8 Å². The first-order chi connectivity index (χ1) is 9.97. The molecule has 3 nitrogen and oxygen atoms in total. The highest BCUT2D eigenvalue weighted by atomic mass is 19.4. The number of alkyl halides is 3. The number of aryl methyl sites for hydroxylation is 1. The van der Waals surface area contributed by atoms with Crippen LogP contribution in [0.25, 0.3) is 0 Å². The van der Waals surface area contributed by atoms with Crippen molar-refractivity contribution in [3.8, 4) is 0 Å². The number of nitrogens with one attached hydrogen (secondary N) is 1. The summed E-state index contributed by atoms with van der Waals surface area (Å²) in [5, 5.41) is 7.60. The molecule has 1 heterocycles. The van der Waals surface area contributed by atoms with E-state index in [2.05, 4.69) is 17.3 Å². The van der Waals surface area contributed by atoms with Gasteiger partial charge in [-0.15, -0.1) is 0 Å². The molecule has 1 atom stereocenters. The minimum Gasteiger partial charge on any atom is -0.311 e. The van der Waals surface area contributed by atoms with E-state index < -0.39 is 12.1 Å². The van der Waals surface area contributed by atoms with E-state index in [-0.39, 0.29) is 24.8 Å². The SMILES string of the molecule is CCCn1nccc1C(NC)C1CCC(C(F)(F)F)CC1. The number of rotatable bonds is 5.